The van der Waals surface area contributed by atoms with Crippen LogP contribution in [0.25, 0.3) is 0 Å². The summed E-state index contributed by atoms with van der Waals surface area (Å²) in [5, 5.41) is 0. The fraction of sp³-hybridized carbons (Fsp3) is 0.667. The smallest absolute Gasteiger partial charge is 0.410 e. The number of hydrogen-bond donors (Lipinski definition) is 1. The fourth-order valence-electron chi connectivity index (χ4n) is 2.42. The van der Waals surface area contributed by atoms with Gasteiger partial charge in [0.2, 0.25) is 5.88 Å². The van der Waals surface area contributed by atoms with E-state index in [9.17, 15) is 4.79 Å². The number of nitrogens with zero attached hydrogens (tertiary/aromatic N) is 4. The van der Waals surface area contributed by atoms with Crippen molar-refractivity contribution in [3.63, 3.8) is 0 Å². The minimum absolute atomic E-state index is 0.285. The molecule has 1 amide bonds. The molecule has 0 unspecified atom stereocenters. The van der Waals surface area contributed by atoms with Gasteiger partial charge in [0.15, 0.2) is 5.82 Å². The Balaban J connectivity index is 2.06. The second kappa shape index (κ2) is 6.89. The zero-order valence-corrected chi connectivity index (χ0v) is 14.2. The van der Waals surface area contributed by atoms with Crippen LogP contribution >= 0.6 is 0 Å². The lowest BCUT2D eigenvalue weighted by Crippen LogP contribution is -2.39. The Hall–Kier alpha value is -2.25. The number of nitrogens with two attached hydrogens (primary N) is 1. The highest BCUT2D eigenvalue weighted by molar-refractivity contribution is 5.69. The zero-order valence-electron chi connectivity index (χ0n) is 14.2. The monoisotopic (exact) mass is 323 g/mol. The van der Waals surface area contributed by atoms with Crippen LogP contribution in [-0.2, 0) is 4.74 Å². The first-order valence-corrected chi connectivity index (χ1v) is 7.69. The molecule has 1 aliphatic heterocycles. The summed E-state index contributed by atoms with van der Waals surface area (Å²) >= 11 is 0. The molecule has 0 saturated carbocycles. The van der Waals surface area contributed by atoms with Gasteiger partial charge < -0.3 is 25.0 Å². The molecule has 128 valence electrons. The van der Waals surface area contributed by atoms with Gasteiger partial charge in [0, 0.05) is 26.2 Å². The predicted octanol–water partition coefficient (Wildman–Crippen LogP) is 1.51. The minimum Gasteiger partial charge on any atom is -0.479 e. The highest BCUT2D eigenvalue weighted by Gasteiger charge is 2.25. The standard InChI is InChI=1S/C15H25N5O3/c1-15(2,3)23-14(21)20-7-5-6-19(8-9-20)12-11(16)13(22-4)18-10-17-12/h10H,5-9,16H2,1-4H3. The first kappa shape index (κ1) is 17.1. The minimum atomic E-state index is -0.493. The van der Waals surface area contributed by atoms with Crippen molar-refractivity contribution in [3.8, 4) is 5.88 Å². The van der Waals surface area contributed by atoms with E-state index in [4.69, 9.17) is 15.2 Å². The van der Waals surface area contributed by atoms with Crippen LogP contribution in [0.2, 0.25) is 0 Å². The van der Waals surface area contributed by atoms with E-state index in [2.05, 4.69) is 9.97 Å². The quantitative estimate of drug-likeness (QED) is 0.881. The fourth-order valence-corrected chi connectivity index (χ4v) is 2.42. The molecule has 1 saturated heterocycles. The van der Waals surface area contributed by atoms with Crippen LogP contribution in [0.3, 0.4) is 0 Å². The first-order chi connectivity index (χ1) is 10.8. The largest absolute Gasteiger partial charge is 0.479 e. The number of aromatic nitrogens is 2. The van der Waals surface area contributed by atoms with Crippen LogP contribution in [0.4, 0.5) is 16.3 Å². The molecule has 1 aromatic heterocycles. The van der Waals surface area contributed by atoms with Crippen LogP contribution in [0.5, 0.6) is 5.88 Å². The Bertz CT molecular complexity index is 559. The first-order valence-electron chi connectivity index (χ1n) is 7.69. The van der Waals surface area contributed by atoms with E-state index in [1.807, 2.05) is 25.7 Å². The average molecular weight is 323 g/mol. The van der Waals surface area contributed by atoms with Crippen molar-refractivity contribution in [1.82, 2.24) is 14.9 Å². The van der Waals surface area contributed by atoms with Crippen molar-refractivity contribution >= 4 is 17.6 Å². The van der Waals surface area contributed by atoms with Gasteiger partial charge >= 0.3 is 6.09 Å². The van der Waals surface area contributed by atoms with Crippen molar-refractivity contribution in [2.75, 3.05) is 43.9 Å². The number of carbonyl (C=O) groups is 1. The second-order valence-electron chi connectivity index (χ2n) is 6.43. The number of methoxy groups -OCH3 is 1. The average Bonchev–Trinajstić information content (AvgIpc) is 2.71. The van der Waals surface area contributed by atoms with Crippen LogP contribution in [-0.4, -0.2) is 59.9 Å². The zero-order chi connectivity index (χ0) is 17.0. The lowest BCUT2D eigenvalue weighted by molar-refractivity contribution is 0.0263. The summed E-state index contributed by atoms with van der Waals surface area (Å²) in [6.45, 7) is 8.18. The Morgan fingerprint density at radius 1 is 1.22 bits per heavy atom. The topological polar surface area (TPSA) is 93.8 Å². The molecule has 8 heteroatoms. The summed E-state index contributed by atoms with van der Waals surface area (Å²) in [5.74, 6) is 1.01. The molecular formula is C15H25N5O3. The van der Waals surface area contributed by atoms with Crippen molar-refractivity contribution < 1.29 is 14.3 Å². The van der Waals surface area contributed by atoms with E-state index in [-0.39, 0.29) is 6.09 Å². The lowest BCUT2D eigenvalue weighted by atomic mass is 10.2. The van der Waals surface area contributed by atoms with Gasteiger partial charge in [-0.15, -0.1) is 0 Å². The molecule has 0 bridgehead atoms. The maximum Gasteiger partial charge on any atom is 0.410 e. The molecule has 1 aromatic rings. The van der Waals surface area contributed by atoms with Gasteiger partial charge in [-0.05, 0) is 27.2 Å². The summed E-state index contributed by atoms with van der Waals surface area (Å²) in [6, 6.07) is 0. The van der Waals surface area contributed by atoms with E-state index in [1.165, 1.54) is 13.4 Å². The molecule has 8 nitrogen and oxygen atoms in total. The summed E-state index contributed by atoms with van der Waals surface area (Å²) in [6.07, 6.45) is 1.96. The van der Waals surface area contributed by atoms with Crippen molar-refractivity contribution in [2.45, 2.75) is 32.8 Å². The van der Waals surface area contributed by atoms with Crippen LogP contribution in [0.15, 0.2) is 6.33 Å². The van der Waals surface area contributed by atoms with E-state index in [0.29, 0.717) is 37.0 Å². The van der Waals surface area contributed by atoms with Crippen LogP contribution < -0.4 is 15.4 Å². The highest BCUT2D eigenvalue weighted by atomic mass is 16.6. The number of nitrogen functional groups attached to an aromatic ring is 1. The molecule has 0 aliphatic carbocycles. The summed E-state index contributed by atoms with van der Waals surface area (Å²) in [4.78, 5) is 24.2. The van der Waals surface area contributed by atoms with Crippen molar-refractivity contribution in [1.29, 1.82) is 0 Å². The van der Waals surface area contributed by atoms with Gasteiger partial charge in [0.05, 0.1) is 7.11 Å². The Morgan fingerprint density at radius 3 is 2.61 bits per heavy atom. The van der Waals surface area contributed by atoms with E-state index < -0.39 is 5.60 Å². The lowest BCUT2D eigenvalue weighted by Gasteiger charge is -2.27. The Morgan fingerprint density at radius 2 is 1.96 bits per heavy atom. The van der Waals surface area contributed by atoms with E-state index in [0.717, 1.165) is 13.0 Å². The second-order valence-corrected chi connectivity index (χ2v) is 6.43. The van der Waals surface area contributed by atoms with Gasteiger partial charge in [-0.2, -0.15) is 4.98 Å². The van der Waals surface area contributed by atoms with Gasteiger partial charge in [0.25, 0.3) is 0 Å². The third-order valence-corrected chi connectivity index (χ3v) is 3.47. The van der Waals surface area contributed by atoms with Crippen molar-refractivity contribution in [3.05, 3.63) is 6.33 Å². The SMILES string of the molecule is COc1ncnc(N2CCCN(C(=O)OC(C)(C)C)CC2)c1N. The van der Waals surface area contributed by atoms with Gasteiger partial charge in [0.1, 0.15) is 17.6 Å². The number of ether oxygens (including phenoxy) is 2. The Labute approximate surface area is 136 Å². The van der Waals surface area contributed by atoms with Crippen molar-refractivity contribution in [2.24, 2.45) is 0 Å². The predicted molar refractivity (Wildman–Crippen MR) is 87.6 cm³/mol. The Kier molecular flexibility index (Phi) is 5.12. The van der Waals surface area contributed by atoms with E-state index >= 15 is 0 Å². The van der Waals surface area contributed by atoms with Gasteiger partial charge in [-0.3, -0.25) is 0 Å². The van der Waals surface area contributed by atoms with Crippen LogP contribution in [0, 0.1) is 0 Å². The third kappa shape index (κ3) is 4.37. The number of amides is 1. The molecule has 1 fully saturated rings. The van der Waals surface area contributed by atoms with Gasteiger partial charge in [-0.25, -0.2) is 9.78 Å². The van der Waals surface area contributed by atoms with Crippen LogP contribution in [0.1, 0.15) is 27.2 Å². The normalized spacial score (nSPS) is 16.0. The molecule has 0 atom stereocenters. The number of carbonyl (C=O) groups excluding carboxylic acids is 1. The summed E-state index contributed by atoms with van der Waals surface area (Å²) in [7, 11) is 1.52. The van der Waals surface area contributed by atoms with Gasteiger partial charge in [-0.1, -0.05) is 0 Å². The highest BCUT2D eigenvalue weighted by Crippen LogP contribution is 2.28. The molecule has 1 aliphatic rings. The summed E-state index contributed by atoms with van der Waals surface area (Å²) < 4.78 is 10.6. The molecule has 23 heavy (non-hydrogen) atoms. The molecule has 0 radical (unpaired) electrons. The summed E-state index contributed by atoms with van der Waals surface area (Å²) in [5.41, 5.74) is 5.98. The number of hydrogen-bond acceptors (Lipinski definition) is 7. The maximum atomic E-state index is 12.2. The molecule has 2 N–H and O–H groups in total. The molecule has 2 rings (SSSR count). The van der Waals surface area contributed by atoms with E-state index in [1.54, 1.807) is 4.90 Å². The number of anilines is 2. The molecular weight excluding hydrogens is 298 g/mol. The molecule has 0 spiro atoms. The maximum absolute atomic E-state index is 12.2. The molecule has 2 heterocycles. The molecule has 0 aromatic carbocycles. The third-order valence-electron chi connectivity index (χ3n) is 3.47. The number of rotatable bonds is 2.